The Hall–Kier alpha value is -2.00. The minimum Gasteiger partial charge on any atom is -0.508 e. The van der Waals surface area contributed by atoms with Gasteiger partial charge in [-0.1, -0.05) is 41.9 Å². The van der Waals surface area contributed by atoms with Gasteiger partial charge in [-0.25, -0.2) is 0 Å². The highest BCUT2D eigenvalue weighted by molar-refractivity contribution is 6.31. The van der Waals surface area contributed by atoms with Crippen molar-refractivity contribution < 1.29 is 9.90 Å². The van der Waals surface area contributed by atoms with E-state index in [0.717, 1.165) is 11.1 Å². The summed E-state index contributed by atoms with van der Waals surface area (Å²) in [6.07, 6.45) is 0.235. The number of hydrogen-bond donors (Lipinski definition) is 2. The van der Waals surface area contributed by atoms with Crippen LogP contribution < -0.4 is 5.32 Å². The molecule has 0 bridgehead atoms. The maximum Gasteiger partial charge on any atom is 0.224 e. The van der Waals surface area contributed by atoms with Crippen molar-refractivity contribution in [1.29, 1.82) is 0 Å². The van der Waals surface area contributed by atoms with E-state index in [1.54, 1.807) is 30.3 Å². The molecule has 0 atom stereocenters. The van der Waals surface area contributed by atoms with Crippen LogP contribution in [0, 0.1) is 0 Å². The molecule has 0 saturated heterocycles. The Balaban J connectivity index is 1.90. The first kappa shape index (κ1) is 13.4. The van der Waals surface area contributed by atoms with Gasteiger partial charge in [0, 0.05) is 11.6 Å². The molecule has 2 rings (SSSR count). The van der Waals surface area contributed by atoms with Crippen LogP contribution in [-0.4, -0.2) is 11.0 Å². The zero-order chi connectivity index (χ0) is 13.7. The molecule has 0 radical (unpaired) electrons. The molecule has 98 valence electrons. The Labute approximate surface area is 116 Å². The lowest BCUT2D eigenvalue weighted by Gasteiger charge is -2.07. The highest BCUT2D eigenvalue weighted by atomic mass is 35.5. The van der Waals surface area contributed by atoms with Gasteiger partial charge in [0.05, 0.1) is 6.42 Å². The Bertz CT molecular complexity index is 584. The molecule has 2 N–H and O–H groups in total. The summed E-state index contributed by atoms with van der Waals surface area (Å²) in [6, 6.07) is 14.1. The Kier molecular flexibility index (Phi) is 4.42. The lowest BCUT2D eigenvalue weighted by atomic mass is 10.1. The molecule has 2 aromatic carbocycles. The quantitative estimate of drug-likeness (QED) is 0.901. The largest absolute Gasteiger partial charge is 0.508 e. The molecular formula is C15H14ClNO2. The van der Waals surface area contributed by atoms with E-state index in [1.165, 1.54) is 0 Å². The van der Waals surface area contributed by atoms with Crippen LogP contribution in [0.4, 0.5) is 0 Å². The van der Waals surface area contributed by atoms with Crippen LogP contribution in [0.25, 0.3) is 0 Å². The Morgan fingerprint density at radius 2 is 1.95 bits per heavy atom. The highest BCUT2D eigenvalue weighted by Crippen LogP contribution is 2.15. The van der Waals surface area contributed by atoms with E-state index < -0.39 is 0 Å². The zero-order valence-corrected chi connectivity index (χ0v) is 11.0. The van der Waals surface area contributed by atoms with E-state index >= 15 is 0 Å². The lowest BCUT2D eigenvalue weighted by molar-refractivity contribution is -0.120. The number of carbonyl (C=O) groups is 1. The summed E-state index contributed by atoms with van der Waals surface area (Å²) < 4.78 is 0. The molecule has 2 aromatic rings. The fourth-order valence-electron chi connectivity index (χ4n) is 1.75. The first-order valence-electron chi connectivity index (χ1n) is 5.93. The van der Waals surface area contributed by atoms with Crippen LogP contribution in [0.2, 0.25) is 5.02 Å². The molecule has 0 heterocycles. The minimum absolute atomic E-state index is 0.106. The zero-order valence-electron chi connectivity index (χ0n) is 10.3. The number of carbonyl (C=O) groups excluding carboxylic acids is 1. The molecular weight excluding hydrogens is 262 g/mol. The second kappa shape index (κ2) is 6.25. The van der Waals surface area contributed by atoms with Gasteiger partial charge in [-0.2, -0.15) is 0 Å². The average Bonchev–Trinajstić information content (AvgIpc) is 2.38. The average molecular weight is 276 g/mol. The minimum atomic E-state index is -0.106. The number of aromatic hydroxyl groups is 1. The van der Waals surface area contributed by atoms with E-state index in [-0.39, 0.29) is 18.1 Å². The van der Waals surface area contributed by atoms with Gasteiger partial charge in [0.15, 0.2) is 0 Å². The second-order valence-electron chi connectivity index (χ2n) is 4.21. The van der Waals surface area contributed by atoms with Gasteiger partial charge >= 0.3 is 0 Å². The number of halogens is 1. The SMILES string of the molecule is O=C(Cc1cccc(O)c1)NCc1ccccc1Cl. The number of rotatable bonds is 4. The van der Waals surface area contributed by atoms with Gasteiger partial charge in [0.25, 0.3) is 0 Å². The van der Waals surface area contributed by atoms with Crippen molar-refractivity contribution in [3.8, 4) is 5.75 Å². The number of benzene rings is 2. The predicted molar refractivity (Wildman–Crippen MR) is 75.1 cm³/mol. The predicted octanol–water partition coefficient (Wildman–Crippen LogP) is 2.90. The number of nitrogens with one attached hydrogen (secondary N) is 1. The first-order chi connectivity index (χ1) is 9.15. The van der Waals surface area contributed by atoms with Crippen LogP contribution >= 0.6 is 11.6 Å². The molecule has 0 aliphatic carbocycles. The van der Waals surface area contributed by atoms with Gasteiger partial charge < -0.3 is 10.4 Å². The van der Waals surface area contributed by atoms with E-state index in [2.05, 4.69) is 5.32 Å². The van der Waals surface area contributed by atoms with Crippen molar-refractivity contribution in [3.05, 3.63) is 64.7 Å². The number of phenolic OH excluding ortho intramolecular Hbond substituents is 1. The highest BCUT2D eigenvalue weighted by Gasteiger charge is 2.05. The van der Waals surface area contributed by atoms with Crippen molar-refractivity contribution in [3.63, 3.8) is 0 Å². The molecule has 0 unspecified atom stereocenters. The third-order valence-electron chi connectivity index (χ3n) is 2.71. The summed E-state index contributed by atoms with van der Waals surface area (Å²) in [5, 5.41) is 12.8. The summed E-state index contributed by atoms with van der Waals surface area (Å²) in [5.74, 6) is 0.0573. The summed E-state index contributed by atoms with van der Waals surface area (Å²) in [7, 11) is 0. The van der Waals surface area contributed by atoms with Crippen LogP contribution in [0.5, 0.6) is 5.75 Å². The van der Waals surface area contributed by atoms with E-state index in [1.807, 2.05) is 18.2 Å². The lowest BCUT2D eigenvalue weighted by Crippen LogP contribution is -2.24. The van der Waals surface area contributed by atoms with Crippen LogP contribution in [0.15, 0.2) is 48.5 Å². The summed E-state index contributed by atoms with van der Waals surface area (Å²) in [4.78, 5) is 11.8. The molecule has 0 aliphatic rings. The van der Waals surface area contributed by atoms with Crippen LogP contribution in [0.3, 0.4) is 0 Å². The molecule has 0 aliphatic heterocycles. The van der Waals surface area contributed by atoms with Gasteiger partial charge in [0.2, 0.25) is 5.91 Å². The molecule has 0 aromatic heterocycles. The maximum absolute atomic E-state index is 11.8. The first-order valence-corrected chi connectivity index (χ1v) is 6.31. The fourth-order valence-corrected chi connectivity index (χ4v) is 1.95. The molecule has 4 heteroatoms. The van der Waals surface area contributed by atoms with Crippen molar-refractivity contribution in [2.45, 2.75) is 13.0 Å². The summed E-state index contributed by atoms with van der Waals surface area (Å²) >= 11 is 6.00. The third-order valence-corrected chi connectivity index (χ3v) is 3.08. The fraction of sp³-hybridized carbons (Fsp3) is 0.133. The molecule has 1 amide bonds. The van der Waals surface area contributed by atoms with Crippen LogP contribution in [0.1, 0.15) is 11.1 Å². The molecule has 3 nitrogen and oxygen atoms in total. The monoisotopic (exact) mass is 275 g/mol. The Morgan fingerprint density at radius 3 is 2.68 bits per heavy atom. The summed E-state index contributed by atoms with van der Waals surface area (Å²) in [5.41, 5.74) is 1.66. The molecule has 0 saturated carbocycles. The van der Waals surface area contributed by atoms with Crippen molar-refractivity contribution in [1.82, 2.24) is 5.32 Å². The topological polar surface area (TPSA) is 49.3 Å². The smallest absolute Gasteiger partial charge is 0.224 e. The van der Waals surface area contributed by atoms with Crippen LogP contribution in [-0.2, 0) is 17.8 Å². The van der Waals surface area contributed by atoms with Gasteiger partial charge in [-0.3, -0.25) is 4.79 Å². The van der Waals surface area contributed by atoms with Gasteiger partial charge in [-0.15, -0.1) is 0 Å². The normalized spacial score (nSPS) is 10.2. The van der Waals surface area contributed by atoms with E-state index in [9.17, 15) is 9.90 Å². The second-order valence-corrected chi connectivity index (χ2v) is 4.62. The number of hydrogen-bond acceptors (Lipinski definition) is 2. The van der Waals surface area contributed by atoms with Gasteiger partial charge in [0.1, 0.15) is 5.75 Å². The standard InChI is InChI=1S/C15H14ClNO2/c16-14-7-2-1-5-12(14)10-17-15(19)9-11-4-3-6-13(18)8-11/h1-8,18H,9-10H2,(H,17,19). The third kappa shape index (κ3) is 4.00. The van der Waals surface area contributed by atoms with Crippen molar-refractivity contribution >= 4 is 17.5 Å². The molecule has 0 spiro atoms. The molecule has 0 fully saturated rings. The number of amides is 1. The number of phenols is 1. The maximum atomic E-state index is 11.8. The van der Waals surface area contributed by atoms with E-state index in [4.69, 9.17) is 11.6 Å². The van der Waals surface area contributed by atoms with Crippen molar-refractivity contribution in [2.24, 2.45) is 0 Å². The van der Waals surface area contributed by atoms with Crippen molar-refractivity contribution in [2.75, 3.05) is 0 Å². The van der Waals surface area contributed by atoms with E-state index in [0.29, 0.717) is 11.6 Å². The molecule has 19 heavy (non-hydrogen) atoms. The summed E-state index contributed by atoms with van der Waals surface area (Å²) in [6.45, 7) is 0.400. The Morgan fingerprint density at radius 1 is 1.16 bits per heavy atom. The van der Waals surface area contributed by atoms with Gasteiger partial charge in [-0.05, 0) is 29.3 Å².